The molecule has 1 amide bonds. The summed E-state index contributed by atoms with van der Waals surface area (Å²) in [7, 11) is -3.93. The van der Waals surface area contributed by atoms with E-state index in [1.54, 1.807) is 23.1 Å². The van der Waals surface area contributed by atoms with E-state index in [1.807, 2.05) is 30.3 Å². The molecule has 0 radical (unpaired) electrons. The maximum atomic E-state index is 13.3. The van der Waals surface area contributed by atoms with Crippen molar-refractivity contribution in [3.05, 3.63) is 88.7 Å². The first-order chi connectivity index (χ1) is 14.3. The van der Waals surface area contributed by atoms with Crippen molar-refractivity contribution >= 4 is 38.9 Å². The molecule has 0 spiro atoms. The molecule has 3 aromatic rings. The number of nitrogens with zero attached hydrogens (tertiary/aromatic N) is 1. The molecule has 154 valence electrons. The molecule has 0 saturated heterocycles. The number of aryl methyl sites for hydroxylation is 1. The molecule has 0 unspecified atom stereocenters. The number of sulfonamides is 1. The Labute approximate surface area is 179 Å². The first kappa shape index (κ1) is 20.4. The summed E-state index contributed by atoms with van der Waals surface area (Å²) in [6.45, 7) is 0.450. The van der Waals surface area contributed by atoms with Crippen molar-refractivity contribution in [1.82, 2.24) is 0 Å². The third-order valence-electron chi connectivity index (χ3n) is 4.92. The quantitative estimate of drug-likeness (QED) is 0.617. The fraction of sp³-hybridized carbons (Fsp3) is 0.136. The second kappa shape index (κ2) is 8.08. The molecule has 0 saturated carbocycles. The van der Waals surface area contributed by atoms with Gasteiger partial charge in [0, 0.05) is 17.8 Å². The number of nitrogens with one attached hydrogen (secondary N) is 1. The Morgan fingerprint density at radius 1 is 1.00 bits per heavy atom. The Bertz CT molecular complexity index is 1220. The van der Waals surface area contributed by atoms with E-state index in [2.05, 4.69) is 4.72 Å². The summed E-state index contributed by atoms with van der Waals surface area (Å²) in [5.74, 6) is -0.659. The first-order valence-electron chi connectivity index (χ1n) is 9.28. The fourth-order valence-corrected chi connectivity index (χ4v) is 4.74. The number of amides is 1. The Balaban J connectivity index is 1.60. The van der Waals surface area contributed by atoms with E-state index >= 15 is 0 Å². The van der Waals surface area contributed by atoms with Crippen molar-refractivity contribution in [2.24, 2.45) is 0 Å². The number of carbonyl (C=O) groups is 1. The topological polar surface area (TPSA) is 66.5 Å². The normalized spacial score (nSPS) is 13.8. The Morgan fingerprint density at radius 3 is 2.50 bits per heavy atom. The lowest BCUT2D eigenvalue weighted by atomic mass is 10.00. The monoisotopic (exact) mass is 444 g/mol. The molecular weight excluding hydrogens is 427 g/mol. The standard InChI is InChI=1S/C22H18ClFN2O3S/c23-19-13-18(8-9-20(19)24)30(28,29)25-17-7-10-21-16(12-17)6-11-22(27)26(21)14-15-4-2-1-3-5-15/h1-5,7-10,12-13,25H,6,11,14H2. The SMILES string of the molecule is O=C1CCc2cc(NS(=O)(=O)c3ccc(F)c(Cl)c3)ccc2N1Cc1ccccc1. The second-order valence-corrected chi connectivity index (χ2v) is 9.08. The smallest absolute Gasteiger partial charge is 0.261 e. The highest BCUT2D eigenvalue weighted by molar-refractivity contribution is 7.92. The van der Waals surface area contributed by atoms with Crippen molar-refractivity contribution in [2.75, 3.05) is 9.62 Å². The van der Waals surface area contributed by atoms with Gasteiger partial charge in [-0.05, 0) is 53.9 Å². The van der Waals surface area contributed by atoms with Gasteiger partial charge in [0.2, 0.25) is 5.91 Å². The van der Waals surface area contributed by atoms with E-state index in [1.165, 1.54) is 0 Å². The average molecular weight is 445 g/mol. The molecule has 8 heteroatoms. The zero-order chi connectivity index (χ0) is 21.3. The van der Waals surface area contributed by atoms with Gasteiger partial charge in [0.05, 0.1) is 16.5 Å². The van der Waals surface area contributed by atoms with Crippen LogP contribution in [0.15, 0.2) is 71.6 Å². The molecule has 30 heavy (non-hydrogen) atoms. The van der Waals surface area contributed by atoms with E-state index < -0.39 is 15.8 Å². The van der Waals surface area contributed by atoms with Crippen LogP contribution in [0.1, 0.15) is 17.5 Å². The predicted octanol–water partition coefficient (Wildman–Crippen LogP) is 4.76. The third kappa shape index (κ3) is 4.17. The lowest BCUT2D eigenvalue weighted by molar-refractivity contribution is -0.119. The van der Waals surface area contributed by atoms with Crippen LogP contribution >= 0.6 is 11.6 Å². The van der Waals surface area contributed by atoms with Gasteiger partial charge in [-0.25, -0.2) is 12.8 Å². The third-order valence-corrected chi connectivity index (χ3v) is 6.59. The molecule has 1 heterocycles. The number of benzene rings is 3. The van der Waals surface area contributed by atoms with Gasteiger partial charge >= 0.3 is 0 Å². The van der Waals surface area contributed by atoms with Gasteiger partial charge in [-0.3, -0.25) is 9.52 Å². The maximum Gasteiger partial charge on any atom is 0.261 e. The number of hydrogen-bond acceptors (Lipinski definition) is 3. The van der Waals surface area contributed by atoms with Gasteiger partial charge in [0.25, 0.3) is 10.0 Å². The van der Waals surface area contributed by atoms with Crippen LogP contribution < -0.4 is 9.62 Å². The number of carbonyl (C=O) groups excluding carboxylic acids is 1. The molecule has 0 fully saturated rings. The number of halogens is 2. The molecule has 5 nitrogen and oxygen atoms in total. The van der Waals surface area contributed by atoms with E-state index in [-0.39, 0.29) is 15.8 Å². The second-order valence-electron chi connectivity index (χ2n) is 6.99. The molecule has 1 aliphatic rings. The molecule has 1 N–H and O–H groups in total. The highest BCUT2D eigenvalue weighted by Gasteiger charge is 2.25. The van der Waals surface area contributed by atoms with Crippen LogP contribution in [0.4, 0.5) is 15.8 Å². The van der Waals surface area contributed by atoms with Crippen molar-refractivity contribution in [2.45, 2.75) is 24.3 Å². The lowest BCUT2D eigenvalue weighted by Gasteiger charge is -2.30. The minimum atomic E-state index is -3.93. The molecule has 0 aliphatic carbocycles. The van der Waals surface area contributed by atoms with Gasteiger partial charge in [-0.15, -0.1) is 0 Å². The predicted molar refractivity (Wildman–Crippen MR) is 115 cm³/mol. The van der Waals surface area contributed by atoms with Gasteiger partial charge in [0.15, 0.2) is 0 Å². The average Bonchev–Trinajstić information content (AvgIpc) is 2.72. The van der Waals surface area contributed by atoms with Crippen LogP contribution in [-0.4, -0.2) is 14.3 Å². The van der Waals surface area contributed by atoms with Crippen LogP contribution in [0.5, 0.6) is 0 Å². The van der Waals surface area contributed by atoms with Crippen molar-refractivity contribution < 1.29 is 17.6 Å². The summed E-state index contributed by atoms with van der Waals surface area (Å²) in [6.07, 6.45) is 0.876. The molecule has 1 aliphatic heterocycles. The Hall–Kier alpha value is -2.90. The lowest BCUT2D eigenvalue weighted by Crippen LogP contribution is -2.34. The van der Waals surface area contributed by atoms with E-state index in [4.69, 9.17) is 11.6 Å². The van der Waals surface area contributed by atoms with Crippen molar-refractivity contribution in [3.63, 3.8) is 0 Å². The highest BCUT2D eigenvalue weighted by Crippen LogP contribution is 2.32. The summed E-state index contributed by atoms with van der Waals surface area (Å²) in [4.78, 5) is 14.1. The van der Waals surface area contributed by atoms with E-state index in [0.717, 1.165) is 35.0 Å². The first-order valence-corrected chi connectivity index (χ1v) is 11.1. The fourth-order valence-electron chi connectivity index (χ4n) is 3.42. The zero-order valence-electron chi connectivity index (χ0n) is 15.8. The molecule has 0 bridgehead atoms. The zero-order valence-corrected chi connectivity index (χ0v) is 17.4. The van der Waals surface area contributed by atoms with Crippen LogP contribution in [0, 0.1) is 5.82 Å². The molecule has 4 rings (SSSR count). The molecular formula is C22H18ClFN2O3S. The molecule has 3 aromatic carbocycles. The maximum absolute atomic E-state index is 13.3. The minimum absolute atomic E-state index is 0.0284. The summed E-state index contributed by atoms with van der Waals surface area (Å²) < 4.78 is 41.1. The Morgan fingerprint density at radius 2 is 1.77 bits per heavy atom. The number of hydrogen-bond donors (Lipinski definition) is 1. The van der Waals surface area contributed by atoms with Gasteiger partial charge in [0.1, 0.15) is 5.82 Å². The number of rotatable bonds is 5. The van der Waals surface area contributed by atoms with E-state index in [9.17, 15) is 17.6 Å². The highest BCUT2D eigenvalue weighted by atomic mass is 35.5. The number of fused-ring (bicyclic) bond motifs is 1. The van der Waals surface area contributed by atoms with Crippen molar-refractivity contribution in [3.8, 4) is 0 Å². The van der Waals surface area contributed by atoms with Crippen LogP contribution in [0.3, 0.4) is 0 Å². The Kier molecular flexibility index (Phi) is 5.49. The summed E-state index contributed by atoms with van der Waals surface area (Å²) >= 11 is 5.71. The number of anilines is 2. The van der Waals surface area contributed by atoms with Crippen molar-refractivity contribution in [1.29, 1.82) is 0 Å². The van der Waals surface area contributed by atoms with Gasteiger partial charge < -0.3 is 4.90 Å². The van der Waals surface area contributed by atoms with Crippen LogP contribution in [0.2, 0.25) is 5.02 Å². The van der Waals surface area contributed by atoms with Gasteiger partial charge in [-0.2, -0.15) is 0 Å². The van der Waals surface area contributed by atoms with Crippen LogP contribution in [0.25, 0.3) is 0 Å². The summed E-state index contributed by atoms with van der Waals surface area (Å²) in [5.41, 5.74) is 3.02. The largest absolute Gasteiger partial charge is 0.308 e. The van der Waals surface area contributed by atoms with Crippen LogP contribution in [-0.2, 0) is 27.8 Å². The summed E-state index contributed by atoms with van der Waals surface area (Å²) in [6, 6.07) is 18.0. The minimum Gasteiger partial charge on any atom is -0.308 e. The summed E-state index contributed by atoms with van der Waals surface area (Å²) in [5, 5.41) is -0.265. The van der Waals surface area contributed by atoms with E-state index in [0.29, 0.717) is 25.1 Å². The van der Waals surface area contributed by atoms with Gasteiger partial charge in [-0.1, -0.05) is 41.9 Å². The molecule has 0 aromatic heterocycles. The molecule has 0 atom stereocenters.